The Hall–Kier alpha value is -1.87. The fourth-order valence-corrected chi connectivity index (χ4v) is 2.40. The average molecular weight is 286 g/mol. The summed E-state index contributed by atoms with van der Waals surface area (Å²) in [5.74, 6) is 0.380. The van der Waals surface area contributed by atoms with Gasteiger partial charge in [-0.15, -0.1) is 0 Å². The molecule has 2 aromatic rings. The van der Waals surface area contributed by atoms with Crippen molar-refractivity contribution >= 4 is 5.69 Å². The second-order valence-electron chi connectivity index (χ2n) is 5.75. The van der Waals surface area contributed by atoms with Gasteiger partial charge in [-0.2, -0.15) is 0 Å². The molecule has 3 N–H and O–H groups in total. The monoisotopic (exact) mass is 286 g/mol. The molecule has 112 valence electrons. The van der Waals surface area contributed by atoms with Gasteiger partial charge in [0.15, 0.2) is 0 Å². The van der Waals surface area contributed by atoms with Gasteiger partial charge < -0.3 is 11.1 Å². The molecule has 0 aromatic heterocycles. The van der Waals surface area contributed by atoms with Crippen LogP contribution in [-0.2, 0) is 6.42 Å². The van der Waals surface area contributed by atoms with E-state index in [1.54, 1.807) is 12.1 Å². The topological polar surface area (TPSA) is 38.0 Å². The molecule has 0 saturated carbocycles. The molecular weight excluding hydrogens is 263 g/mol. The van der Waals surface area contributed by atoms with Crippen LogP contribution in [0.2, 0.25) is 0 Å². The van der Waals surface area contributed by atoms with E-state index in [0.29, 0.717) is 18.2 Å². The fraction of sp³-hybridized carbons (Fsp3) is 0.333. The smallest absolute Gasteiger partial charge is 0.146 e. The van der Waals surface area contributed by atoms with Crippen molar-refractivity contribution in [2.45, 2.75) is 26.3 Å². The first-order valence-corrected chi connectivity index (χ1v) is 7.40. The van der Waals surface area contributed by atoms with Crippen molar-refractivity contribution in [1.82, 2.24) is 0 Å². The number of hydrogen-bond donors (Lipinski definition) is 2. The molecular formula is C18H23FN2. The Bertz CT molecular complexity index is 564. The first-order valence-electron chi connectivity index (χ1n) is 7.40. The highest BCUT2D eigenvalue weighted by Crippen LogP contribution is 2.22. The zero-order valence-corrected chi connectivity index (χ0v) is 12.6. The molecule has 2 aromatic carbocycles. The van der Waals surface area contributed by atoms with E-state index in [-0.39, 0.29) is 11.9 Å². The van der Waals surface area contributed by atoms with Crippen molar-refractivity contribution in [3.63, 3.8) is 0 Å². The van der Waals surface area contributed by atoms with Crippen LogP contribution in [0.3, 0.4) is 0 Å². The van der Waals surface area contributed by atoms with Gasteiger partial charge in [0.25, 0.3) is 0 Å². The van der Waals surface area contributed by atoms with Crippen LogP contribution in [0, 0.1) is 11.7 Å². The highest BCUT2D eigenvalue weighted by atomic mass is 19.1. The lowest BCUT2D eigenvalue weighted by Gasteiger charge is -2.19. The summed E-state index contributed by atoms with van der Waals surface area (Å²) >= 11 is 0. The highest BCUT2D eigenvalue weighted by Gasteiger charge is 2.11. The van der Waals surface area contributed by atoms with Crippen molar-refractivity contribution in [1.29, 1.82) is 0 Å². The molecule has 2 nitrogen and oxygen atoms in total. The van der Waals surface area contributed by atoms with Crippen LogP contribution < -0.4 is 11.1 Å². The number of nitrogens with one attached hydrogen (secondary N) is 1. The SMILES string of the molecule is CC(C)Cc1ccc(C(CN)Nc2ccccc2F)cc1. The van der Waals surface area contributed by atoms with Crippen LogP contribution >= 0.6 is 0 Å². The number of nitrogens with two attached hydrogens (primary N) is 1. The molecule has 1 unspecified atom stereocenters. The third-order valence-corrected chi connectivity index (χ3v) is 3.47. The van der Waals surface area contributed by atoms with E-state index >= 15 is 0 Å². The van der Waals surface area contributed by atoms with E-state index in [9.17, 15) is 4.39 Å². The molecule has 0 amide bonds. The van der Waals surface area contributed by atoms with Gasteiger partial charge in [0, 0.05) is 6.54 Å². The zero-order chi connectivity index (χ0) is 15.2. The molecule has 2 rings (SSSR count). The lowest BCUT2D eigenvalue weighted by atomic mass is 9.99. The van der Waals surface area contributed by atoms with E-state index in [0.717, 1.165) is 12.0 Å². The maximum absolute atomic E-state index is 13.7. The lowest BCUT2D eigenvalue weighted by molar-refractivity contribution is 0.625. The standard InChI is InChI=1S/C18H23FN2/c1-13(2)11-14-7-9-15(10-8-14)18(12-20)21-17-6-4-3-5-16(17)19/h3-10,13,18,21H,11-12,20H2,1-2H3. The Morgan fingerprint density at radius 1 is 1.05 bits per heavy atom. The largest absolute Gasteiger partial charge is 0.375 e. The summed E-state index contributed by atoms with van der Waals surface area (Å²) in [5.41, 5.74) is 8.71. The van der Waals surface area contributed by atoms with Gasteiger partial charge in [0.1, 0.15) is 5.82 Å². The van der Waals surface area contributed by atoms with Gasteiger partial charge in [-0.1, -0.05) is 50.2 Å². The Kier molecular flexibility index (Phi) is 5.34. The molecule has 21 heavy (non-hydrogen) atoms. The summed E-state index contributed by atoms with van der Waals surface area (Å²) in [6.07, 6.45) is 1.06. The lowest BCUT2D eigenvalue weighted by Crippen LogP contribution is -2.21. The van der Waals surface area contributed by atoms with Crippen molar-refractivity contribution in [2.75, 3.05) is 11.9 Å². The molecule has 1 atom stereocenters. The second-order valence-corrected chi connectivity index (χ2v) is 5.75. The van der Waals surface area contributed by atoms with Gasteiger partial charge in [-0.05, 0) is 35.6 Å². The summed E-state index contributed by atoms with van der Waals surface area (Å²) < 4.78 is 13.7. The minimum absolute atomic E-state index is 0.0880. The summed E-state index contributed by atoms with van der Waals surface area (Å²) in [6.45, 7) is 4.82. The minimum Gasteiger partial charge on any atom is -0.375 e. The molecule has 0 bridgehead atoms. The zero-order valence-electron chi connectivity index (χ0n) is 12.6. The summed E-state index contributed by atoms with van der Waals surface area (Å²) in [6, 6.07) is 15.0. The average Bonchev–Trinajstić information content (AvgIpc) is 2.47. The van der Waals surface area contributed by atoms with Crippen LogP contribution in [0.25, 0.3) is 0 Å². The van der Waals surface area contributed by atoms with Crippen LogP contribution in [0.4, 0.5) is 10.1 Å². The number of hydrogen-bond acceptors (Lipinski definition) is 2. The number of rotatable bonds is 6. The number of benzene rings is 2. The van der Waals surface area contributed by atoms with Crippen molar-refractivity contribution in [3.8, 4) is 0 Å². The van der Waals surface area contributed by atoms with Crippen LogP contribution in [0.15, 0.2) is 48.5 Å². The van der Waals surface area contributed by atoms with E-state index in [1.807, 2.05) is 6.07 Å². The maximum atomic E-state index is 13.7. The molecule has 0 radical (unpaired) electrons. The Morgan fingerprint density at radius 2 is 1.71 bits per heavy atom. The quantitative estimate of drug-likeness (QED) is 0.837. The van der Waals surface area contributed by atoms with Crippen molar-refractivity contribution in [3.05, 3.63) is 65.5 Å². The summed E-state index contributed by atoms with van der Waals surface area (Å²) in [4.78, 5) is 0. The minimum atomic E-state index is -0.257. The van der Waals surface area contributed by atoms with Crippen molar-refractivity contribution in [2.24, 2.45) is 11.7 Å². The number of halogens is 1. The van der Waals surface area contributed by atoms with Gasteiger partial charge in [-0.3, -0.25) is 0 Å². The van der Waals surface area contributed by atoms with Crippen LogP contribution in [0.5, 0.6) is 0 Å². The molecule has 3 heteroatoms. The molecule has 0 aliphatic heterocycles. The van der Waals surface area contributed by atoms with Gasteiger partial charge in [0.2, 0.25) is 0 Å². The second kappa shape index (κ2) is 7.23. The van der Waals surface area contributed by atoms with Gasteiger partial charge in [0.05, 0.1) is 11.7 Å². The summed E-state index contributed by atoms with van der Waals surface area (Å²) in [7, 11) is 0. The van der Waals surface area contributed by atoms with Crippen LogP contribution in [-0.4, -0.2) is 6.54 Å². The predicted molar refractivity (Wildman–Crippen MR) is 86.8 cm³/mol. The molecule has 0 aliphatic carbocycles. The fourth-order valence-electron chi connectivity index (χ4n) is 2.40. The molecule has 0 saturated heterocycles. The Morgan fingerprint density at radius 3 is 2.29 bits per heavy atom. The molecule has 0 aliphatic rings. The number of para-hydroxylation sites is 1. The van der Waals surface area contributed by atoms with E-state index in [4.69, 9.17) is 5.73 Å². The molecule has 0 heterocycles. The Balaban J connectivity index is 2.12. The van der Waals surface area contributed by atoms with Gasteiger partial charge in [-0.25, -0.2) is 4.39 Å². The summed E-state index contributed by atoms with van der Waals surface area (Å²) in [5, 5.41) is 3.17. The first-order chi connectivity index (χ1) is 10.1. The van der Waals surface area contributed by atoms with Gasteiger partial charge >= 0.3 is 0 Å². The first kappa shape index (κ1) is 15.5. The number of anilines is 1. The molecule has 0 fully saturated rings. The van der Waals surface area contributed by atoms with Crippen molar-refractivity contribution < 1.29 is 4.39 Å². The normalized spacial score (nSPS) is 12.4. The van der Waals surface area contributed by atoms with E-state index in [1.165, 1.54) is 11.6 Å². The third-order valence-electron chi connectivity index (χ3n) is 3.47. The highest BCUT2D eigenvalue weighted by molar-refractivity contribution is 5.47. The Labute approximate surface area is 126 Å². The third kappa shape index (κ3) is 4.30. The van der Waals surface area contributed by atoms with E-state index < -0.39 is 0 Å². The maximum Gasteiger partial charge on any atom is 0.146 e. The van der Waals surface area contributed by atoms with E-state index in [2.05, 4.69) is 43.4 Å². The van der Waals surface area contributed by atoms with Crippen LogP contribution in [0.1, 0.15) is 31.0 Å². The predicted octanol–water partition coefficient (Wildman–Crippen LogP) is 4.14. The molecule has 0 spiro atoms.